The largest absolute Gasteiger partial charge is 0.455 e. The van der Waals surface area contributed by atoms with Crippen molar-refractivity contribution in [1.82, 2.24) is 4.90 Å². The van der Waals surface area contributed by atoms with Gasteiger partial charge < -0.3 is 15.0 Å². The van der Waals surface area contributed by atoms with Gasteiger partial charge in [-0.2, -0.15) is 0 Å². The van der Waals surface area contributed by atoms with Crippen molar-refractivity contribution in [3.63, 3.8) is 0 Å². The van der Waals surface area contributed by atoms with Gasteiger partial charge in [-0.1, -0.05) is 36.4 Å². The predicted octanol–water partition coefficient (Wildman–Crippen LogP) is 1.40. The quantitative estimate of drug-likeness (QED) is 0.627. The lowest BCUT2D eigenvalue weighted by molar-refractivity contribution is -0.156. The fourth-order valence-corrected chi connectivity index (χ4v) is 4.35. The van der Waals surface area contributed by atoms with Crippen LogP contribution in [0.25, 0.3) is 0 Å². The number of primary sulfonamides is 1. The summed E-state index contributed by atoms with van der Waals surface area (Å²) >= 11 is 0. The second-order valence-electron chi connectivity index (χ2n) is 7.65. The molecule has 0 saturated carbocycles. The number of hydrogen-bond donors (Lipinski definition) is 2. The number of esters is 1. The maximum absolute atomic E-state index is 13.1. The number of likely N-dealkylation sites (tertiary alicyclic amines) is 1. The molecule has 1 aliphatic heterocycles. The van der Waals surface area contributed by atoms with Gasteiger partial charge in [0.05, 0.1) is 10.3 Å². The van der Waals surface area contributed by atoms with Crippen LogP contribution in [0.1, 0.15) is 25.3 Å². The minimum atomic E-state index is -3.92. The van der Waals surface area contributed by atoms with Crippen LogP contribution < -0.4 is 10.5 Å². The van der Waals surface area contributed by atoms with Crippen LogP contribution in [-0.4, -0.2) is 50.8 Å². The monoisotopic (exact) mass is 459 g/mol. The highest BCUT2D eigenvalue weighted by Gasteiger charge is 2.44. The first-order chi connectivity index (χ1) is 15.1. The van der Waals surface area contributed by atoms with Gasteiger partial charge in [0.15, 0.2) is 6.61 Å². The smallest absolute Gasteiger partial charge is 0.317 e. The highest BCUT2D eigenvalue weighted by molar-refractivity contribution is 7.89. The second kappa shape index (κ2) is 9.49. The summed E-state index contributed by atoms with van der Waals surface area (Å²) in [7, 11) is -3.92. The number of sulfonamides is 1. The van der Waals surface area contributed by atoms with Crippen LogP contribution >= 0.6 is 0 Å². The Bertz CT molecular complexity index is 1110. The van der Waals surface area contributed by atoms with Gasteiger partial charge in [0, 0.05) is 25.7 Å². The Morgan fingerprint density at radius 1 is 1.06 bits per heavy atom. The van der Waals surface area contributed by atoms with Gasteiger partial charge in [0.1, 0.15) is 0 Å². The third kappa shape index (κ3) is 5.32. The number of benzene rings is 2. The number of piperidine rings is 1. The Morgan fingerprint density at radius 3 is 2.31 bits per heavy atom. The Kier molecular flexibility index (Phi) is 6.95. The van der Waals surface area contributed by atoms with Gasteiger partial charge in [-0.15, -0.1) is 0 Å². The lowest BCUT2D eigenvalue weighted by Crippen LogP contribution is -2.49. The fraction of sp³-hybridized carbons (Fsp3) is 0.318. The molecular formula is C22H25N3O6S. The molecule has 0 aliphatic carbocycles. The molecule has 1 fully saturated rings. The summed E-state index contributed by atoms with van der Waals surface area (Å²) < 4.78 is 28.3. The highest BCUT2D eigenvalue weighted by Crippen LogP contribution is 2.37. The molecule has 0 radical (unpaired) electrons. The van der Waals surface area contributed by atoms with Crippen LogP contribution in [0.15, 0.2) is 59.5 Å². The molecule has 170 valence electrons. The van der Waals surface area contributed by atoms with Gasteiger partial charge in [-0.3, -0.25) is 14.4 Å². The predicted molar refractivity (Wildman–Crippen MR) is 117 cm³/mol. The summed E-state index contributed by atoms with van der Waals surface area (Å²) in [5, 5.41) is 7.60. The molecule has 1 saturated heterocycles. The number of ether oxygens (including phenoxy) is 1. The average molecular weight is 460 g/mol. The van der Waals surface area contributed by atoms with Gasteiger partial charge in [-0.25, -0.2) is 13.6 Å². The summed E-state index contributed by atoms with van der Waals surface area (Å²) in [6.45, 7) is 1.77. The van der Waals surface area contributed by atoms with E-state index in [2.05, 4.69) is 5.32 Å². The van der Waals surface area contributed by atoms with Gasteiger partial charge >= 0.3 is 5.97 Å². The minimum absolute atomic E-state index is 0.0545. The number of hydrogen-bond acceptors (Lipinski definition) is 6. The molecular weight excluding hydrogens is 434 g/mol. The second-order valence-corrected chi connectivity index (χ2v) is 9.21. The Balaban J connectivity index is 1.69. The van der Waals surface area contributed by atoms with Crippen molar-refractivity contribution < 1.29 is 27.5 Å². The molecule has 2 aromatic rings. The zero-order valence-electron chi connectivity index (χ0n) is 17.6. The van der Waals surface area contributed by atoms with E-state index >= 15 is 0 Å². The number of rotatable bonds is 6. The number of carbonyl (C=O) groups is 3. The van der Waals surface area contributed by atoms with E-state index in [-0.39, 0.29) is 16.5 Å². The van der Waals surface area contributed by atoms with E-state index in [1.165, 1.54) is 31.2 Å². The number of carbonyl (C=O) groups excluding carboxylic acids is 3. The normalized spacial score (nSPS) is 15.6. The molecule has 0 atom stereocenters. The van der Waals surface area contributed by atoms with E-state index in [4.69, 9.17) is 9.88 Å². The molecule has 0 unspecified atom stereocenters. The van der Waals surface area contributed by atoms with E-state index in [1.807, 2.05) is 30.3 Å². The van der Waals surface area contributed by atoms with Gasteiger partial charge in [-0.05, 0) is 36.6 Å². The Labute approximate surface area is 186 Å². The standard InChI is InChI=1S/C22H25N3O6S/c1-16(26)25-12-10-22(11-13-25,17-6-3-2-4-7-17)21(28)31-15-20(27)24-18-8-5-9-19(14-18)32(23,29)30/h2-9,14H,10-13,15H2,1H3,(H,24,27)(H2,23,29,30). The molecule has 0 bridgehead atoms. The van der Waals surface area contributed by atoms with Crippen molar-refractivity contribution in [1.29, 1.82) is 0 Å². The maximum Gasteiger partial charge on any atom is 0.317 e. The van der Waals surface area contributed by atoms with Crippen molar-refractivity contribution >= 4 is 33.5 Å². The molecule has 0 aromatic heterocycles. The Hall–Kier alpha value is -3.24. The summed E-state index contributed by atoms with van der Waals surface area (Å²) in [4.78, 5) is 38.7. The first-order valence-corrected chi connectivity index (χ1v) is 11.6. The van der Waals surface area contributed by atoms with Gasteiger partial charge in [0.25, 0.3) is 5.91 Å². The van der Waals surface area contributed by atoms with Crippen molar-refractivity contribution in [2.24, 2.45) is 5.14 Å². The third-order valence-electron chi connectivity index (χ3n) is 5.56. The van der Waals surface area contributed by atoms with E-state index in [0.717, 1.165) is 5.56 Å². The average Bonchev–Trinajstić information content (AvgIpc) is 2.77. The molecule has 2 aromatic carbocycles. The van der Waals surface area contributed by atoms with Crippen LogP contribution in [0.3, 0.4) is 0 Å². The van der Waals surface area contributed by atoms with E-state index in [1.54, 1.807) is 4.90 Å². The molecule has 10 heteroatoms. The number of nitrogens with one attached hydrogen (secondary N) is 1. The molecule has 3 N–H and O–H groups in total. The number of anilines is 1. The Morgan fingerprint density at radius 2 is 1.72 bits per heavy atom. The molecule has 32 heavy (non-hydrogen) atoms. The maximum atomic E-state index is 13.1. The van der Waals surface area contributed by atoms with E-state index in [0.29, 0.717) is 25.9 Å². The van der Waals surface area contributed by atoms with Crippen LogP contribution in [0.5, 0.6) is 0 Å². The van der Waals surface area contributed by atoms with E-state index < -0.39 is 33.9 Å². The molecule has 3 rings (SSSR count). The summed E-state index contributed by atoms with van der Waals surface area (Å²) in [6, 6.07) is 14.6. The zero-order chi connectivity index (χ0) is 23.4. The topological polar surface area (TPSA) is 136 Å². The SMILES string of the molecule is CC(=O)N1CCC(C(=O)OCC(=O)Nc2cccc(S(N)(=O)=O)c2)(c2ccccc2)CC1. The summed E-state index contributed by atoms with van der Waals surface area (Å²) in [5.41, 5.74) is 0.0284. The first kappa shape index (κ1) is 23.4. The van der Waals surface area contributed by atoms with Gasteiger partial charge in [0.2, 0.25) is 15.9 Å². The summed E-state index contributed by atoms with van der Waals surface area (Å²) in [6.07, 6.45) is 0.765. The molecule has 1 heterocycles. The van der Waals surface area contributed by atoms with Crippen molar-refractivity contribution in [2.75, 3.05) is 25.0 Å². The lowest BCUT2D eigenvalue weighted by Gasteiger charge is -2.40. The number of nitrogens with zero attached hydrogens (tertiary/aromatic N) is 1. The molecule has 0 spiro atoms. The van der Waals surface area contributed by atoms with E-state index in [9.17, 15) is 22.8 Å². The molecule has 2 amide bonds. The van der Waals surface area contributed by atoms with Crippen molar-refractivity contribution in [3.8, 4) is 0 Å². The first-order valence-electron chi connectivity index (χ1n) is 10.0. The lowest BCUT2D eigenvalue weighted by atomic mass is 9.72. The van der Waals surface area contributed by atoms with Crippen LogP contribution in [0, 0.1) is 0 Å². The number of nitrogens with two attached hydrogens (primary N) is 1. The highest BCUT2D eigenvalue weighted by atomic mass is 32.2. The molecule has 1 aliphatic rings. The van der Waals surface area contributed by atoms with Crippen molar-refractivity contribution in [2.45, 2.75) is 30.1 Å². The fourth-order valence-electron chi connectivity index (χ4n) is 3.79. The van der Waals surface area contributed by atoms with Crippen LogP contribution in [0.2, 0.25) is 0 Å². The summed E-state index contributed by atoms with van der Waals surface area (Å²) in [5.74, 6) is -1.21. The van der Waals surface area contributed by atoms with Crippen LogP contribution in [0.4, 0.5) is 5.69 Å². The minimum Gasteiger partial charge on any atom is -0.455 e. The third-order valence-corrected chi connectivity index (χ3v) is 6.47. The zero-order valence-corrected chi connectivity index (χ0v) is 18.4. The number of amides is 2. The molecule has 9 nitrogen and oxygen atoms in total. The van der Waals surface area contributed by atoms with Crippen molar-refractivity contribution in [3.05, 3.63) is 60.2 Å². The van der Waals surface area contributed by atoms with Crippen LogP contribution in [-0.2, 0) is 34.6 Å².